The predicted octanol–water partition coefficient (Wildman–Crippen LogP) is 0.333. The van der Waals surface area contributed by atoms with E-state index in [1.54, 1.807) is 0 Å². The highest BCUT2D eigenvalue weighted by atomic mass is 16.5. The van der Waals surface area contributed by atoms with Crippen LogP contribution in [0.5, 0.6) is 0 Å². The predicted molar refractivity (Wildman–Crippen MR) is 50.0 cm³/mol. The molecule has 0 bridgehead atoms. The number of nitrogens with two attached hydrogens (primary N) is 1. The summed E-state index contributed by atoms with van der Waals surface area (Å²) in [6.07, 6.45) is 3.79. The molecule has 1 aliphatic rings. The fourth-order valence-corrected chi connectivity index (χ4v) is 0.824. The lowest BCUT2D eigenvalue weighted by atomic mass is 10.3. The van der Waals surface area contributed by atoms with Crippen LogP contribution in [0, 0.1) is 17.8 Å². The Morgan fingerprint density at radius 3 is 3.00 bits per heavy atom. The van der Waals surface area contributed by atoms with Gasteiger partial charge in [0.1, 0.15) is 12.9 Å². The van der Waals surface area contributed by atoms with E-state index < -0.39 is 6.04 Å². The van der Waals surface area contributed by atoms with Gasteiger partial charge in [-0.25, -0.2) is 0 Å². The summed E-state index contributed by atoms with van der Waals surface area (Å²) in [5, 5.41) is 0. The van der Waals surface area contributed by atoms with Crippen molar-refractivity contribution in [1.82, 2.24) is 0 Å². The van der Waals surface area contributed by atoms with Crippen LogP contribution in [-0.2, 0) is 9.53 Å². The molecule has 0 spiro atoms. The van der Waals surface area contributed by atoms with Gasteiger partial charge in [-0.1, -0.05) is 11.8 Å². The number of aldehydes is 1. The zero-order valence-corrected chi connectivity index (χ0v) is 7.66. The van der Waals surface area contributed by atoms with Gasteiger partial charge in [0.15, 0.2) is 0 Å². The maximum Gasteiger partial charge on any atom is 0.136 e. The fraction of sp³-hybridized carbons (Fsp3) is 0.700. The summed E-state index contributed by atoms with van der Waals surface area (Å²) in [6.45, 7) is 0.974. The summed E-state index contributed by atoms with van der Waals surface area (Å²) in [5.41, 5.74) is 5.36. The van der Waals surface area contributed by atoms with Crippen molar-refractivity contribution < 1.29 is 9.53 Å². The van der Waals surface area contributed by atoms with Gasteiger partial charge in [-0.05, 0) is 19.3 Å². The van der Waals surface area contributed by atoms with Gasteiger partial charge in [0.25, 0.3) is 0 Å². The van der Waals surface area contributed by atoms with E-state index in [2.05, 4.69) is 11.8 Å². The SMILES string of the molecule is NC(C=O)CCOCC#CC1CC1. The van der Waals surface area contributed by atoms with Crippen LogP contribution in [-0.4, -0.2) is 25.5 Å². The molecule has 1 unspecified atom stereocenters. The van der Waals surface area contributed by atoms with Gasteiger partial charge in [0, 0.05) is 12.5 Å². The van der Waals surface area contributed by atoms with Gasteiger partial charge in [0.2, 0.25) is 0 Å². The smallest absolute Gasteiger partial charge is 0.136 e. The second kappa shape index (κ2) is 5.74. The number of hydrogen-bond donors (Lipinski definition) is 1. The highest BCUT2D eigenvalue weighted by Crippen LogP contribution is 2.27. The van der Waals surface area contributed by atoms with Crippen molar-refractivity contribution in [2.45, 2.75) is 25.3 Å². The van der Waals surface area contributed by atoms with E-state index in [1.165, 1.54) is 12.8 Å². The summed E-state index contributed by atoms with van der Waals surface area (Å²) in [6, 6.07) is -0.392. The van der Waals surface area contributed by atoms with Crippen LogP contribution >= 0.6 is 0 Å². The Bertz CT molecular complexity index is 213. The molecule has 2 N–H and O–H groups in total. The molecular formula is C10H15NO2. The molecule has 1 atom stereocenters. The van der Waals surface area contributed by atoms with E-state index >= 15 is 0 Å². The molecule has 0 radical (unpaired) electrons. The Labute approximate surface area is 78.6 Å². The molecule has 1 saturated carbocycles. The van der Waals surface area contributed by atoms with Crippen LogP contribution in [0.3, 0.4) is 0 Å². The average Bonchev–Trinajstić information content (AvgIpc) is 2.94. The van der Waals surface area contributed by atoms with Gasteiger partial charge in [-0.3, -0.25) is 0 Å². The number of hydrogen-bond acceptors (Lipinski definition) is 3. The third-order valence-electron chi connectivity index (χ3n) is 1.83. The summed E-state index contributed by atoms with van der Waals surface area (Å²) in [7, 11) is 0. The van der Waals surface area contributed by atoms with Gasteiger partial charge in [0.05, 0.1) is 6.04 Å². The highest BCUT2D eigenvalue weighted by Gasteiger charge is 2.17. The number of ether oxygens (including phenoxy) is 1. The van der Waals surface area contributed by atoms with E-state index in [9.17, 15) is 4.79 Å². The summed E-state index contributed by atoms with van der Waals surface area (Å²) in [5.74, 6) is 6.65. The molecule has 0 amide bonds. The Morgan fingerprint density at radius 1 is 1.62 bits per heavy atom. The zero-order valence-electron chi connectivity index (χ0n) is 7.66. The highest BCUT2D eigenvalue weighted by molar-refractivity contribution is 5.56. The van der Waals surface area contributed by atoms with Gasteiger partial charge >= 0.3 is 0 Å². The summed E-state index contributed by atoms with van der Waals surface area (Å²) < 4.78 is 5.17. The quantitative estimate of drug-likeness (QED) is 0.378. The monoisotopic (exact) mass is 181 g/mol. The average molecular weight is 181 g/mol. The zero-order chi connectivity index (χ0) is 9.52. The second-order valence-electron chi connectivity index (χ2n) is 3.24. The van der Waals surface area contributed by atoms with E-state index in [0.717, 1.165) is 6.29 Å². The lowest BCUT2D eigenvalue weighted by Crippen LogP contribution is -2.23. The molecule has 0 heterocycles. The maximum atomic E-state index is 10.1. The van der Waals surface area contributed by atoms with Crippen LogP contribution in [0.15, 0.2) is 0 Å². The Hall–Kier alpha value is -0.850. The van der Waals surface area contributed by atoms with Crippen LogP contribution in [0.2, 0.25) is 0 Å². The number of carbonyl (C=O) groups is 1. The van der Waals surface area contributed by atoms with Crippen LogP contribution in [0.4, 0.5) is 0 Å². The molecule has 0 aromatic heterocycles. The topological polar surface area (TPSA) is 52.3 Å². The minimum absolute atomic E-state index is 0.392. The van der Waals surface area contributed by atoms with Gasteiger partial charge in [-0.15, -0.1) is 0 Å². The molecule has 1 fully saturated rings. The normalized spacial score (nSPS) is 17.3. The summed E-state index contributed by atoms with van der Waals surface area (Å²) in [4.78, 5) is 10.1. The van der Waals surface area contributed by atoms with Crippen molar-refractivity contribution in [1.29, 1.82) is 0 Å². The van der Waals surface area contributed by atoms with E-state index in [1.807, 2.05) is 0 Å². The van der Waals surface area contributed by atoms with E-state index in [-0.39, 0.29) is 0 Å². The maximum absolute atomic E-state index is 10.1. The molecule has 13 heavy (non-hydrogen) atoms. The Morgan fingerprint density at radius 2 is 2.38 bits per heavy atom. The Kier molecular flexibility index (Phi) is 4.52. The van der Waals surface area contributed by atoms with Crippen molar-refractivity contribution in [3.8, 4) is 11.8 Å². The lowest BCUT2D eigenvalue weighted by molar-refractivity contribution is -0.109. The van der Waals surface area contributed by atoms with Crippen LogP contribution < -0.4 is 5.73 Å². The fourth-order valence-electron chi connectivity index (χ4n) is 0.824. The largest absolute Gasteiger partial charge is 0.369 e. The van der Waals surface area contributed by atoms with Crippen molar-refractivity contribution in [3.63, 3.8) is 0 Å². The van der Waals surface area contributed by atoms with E-state index in [0.29, 0.717) is 25.6 Å². The Balaban J connectivity index is 1.89. The minimum Gasteiger partial charge on any atom is -0.369 e. The minimum atomic E-state index is -0.392. The van der Waals surface area contributed by atoms with E-state index in [4.69, 9.17) is 10.5 Å². The second-order valence-corrected chi connectivity index (χ2v) is 3.24. The molecule has 1 rings (SSSR count). The molecule has 0 aromatic rings. The molecule has 0 saturated heterocycles. The molecular weight excluding hydrogens is 166 g/mol. The van der Waals surface area contributed by atoms with Gasteiger partial charge in [-0.2, -0.15) is 0 Å². The number of rotatable bonds is 5. The summed E-state index contributed by atoms with van der Waals surface area (Å²) >= 11 is 0. The van der Waals surface area contributed by atoms with Crippen molar-refractivity contribution >= 4 is 6.29 Å². The first-order valence-electron chi connectivity index (χ1n) is 4.60. The van der Waals surface area contributed by atoms with Crippen LogP contribution in [0.25, 0.3) is 0 Å². The molecule has 0 aromatic carbocycles. The van der Waals surface area contributed by atoms with Crippen molar-refractivity contribution in [3.05, 3.63) is 0 Å². The first-order chi connectivity index (χ1) is 6.33. The number of carbonyl (C=O) groups excluding carboxylic acids is 1. The molecule has 3 heteroatoms. The van der Waals surface area contributed by atoms with Gasteiger partial charge < -0.3 is 15.3 Å². The third-order valence-corrected chi connectivity index (χ3v) is 1.83. The first-order valence-corrected chi connectivity index (χ1v) is 4.60. The molecule has 72 valence electrons. The third kappa shape index (κ3) is 5.40. The van der Waals surface area contributed by atoms with Crippen molar-refractivity contribution in [2.24, 2.45) is 11.7 Å². The molecule has 3 nitrogen and oxygen atoms in total. The molecule has 0 aliphatic heterocycles. The van der Waals surface area contributed by atoms with Crippen molar-refractivity contribution in [2.75, 3.05) is 13.2 Å². The molecule has 1 aliphatic carbocycles. The standard InChI is InChI=1S/C10H15NO2/c11-10(8-12)5-7-13-6-1-2-9-3-4-9/h8-10H,3-7,11H2. The van der Waals surface area contributed by atoms with Crippen LogP contribution in [0.1, 0.15) is 19.3 Å². The first kappa shape index (κ1) is 10.2. The lowest BCUT2D eigenvalue weighted by Gasteiger charge is -2.01.